The highest BCUT2D eigenvalue weighted by atomic mass is 79.9. The molecule has 0 saturated carbocycles. The van der Waals surface area contributed by atoms with Gasteiger partial charge in [-0.25, -0.2) is 4.39 Å². The van der Waals surface area contributed by atoms with E-state index in [9.17, 15) is 4.39 Å². The van der Waals surface area contributed by atoms with E-state index in [-0.39, 0.29) is 5.82 Å². The monoisotopic (exact) mass is 299 g/mol. The molecular weight excluding hydrogens is 289 g/mol. The number of hydrogen-bond acceptors (Lipinski definition) is 3. The van der Waals surface area contributed by atoms with Crippen molar-refractivity contribution in [2.45, 2.75) is 6.92 Å². The van der Waals surface area contributed by atoms with Gasteiger partial charge in [-0.3, -0.25) is 5.10 Å². The molecule has 1 aromatic heterocycles. The molecule has 6 heteroatoms. The van der Waals surface area contributed by atoms with Crippen LogP contribution in [0.3, 0.4) is 0 Å². The highest BCUT2D eigenvalue weighted by Crippen LogP contribution is 2.39. The van der Waals surface area contributed by atoms with Gasteiger partial charge in [0.1, 0.15) is 17.4 Å². The lowest BCUT2D eigenvalue weighted by Gasteiger charge is -2.12. The molecule has 0 saturated heterocycles. The zero-order chi connectivity index (χ0) is 12.6. The van der Waals surface area contributed by atoms with Crippen LogP contribution in [0.5, 0.6) is 5.75 Å². The standard InChI is InChI=1S/C11H11BrFN3O/c1-5-9(13)8(12)3-6(10(5)17-2)7-4-15-16-11(7)14/h3-4H,1-2H3,(H3,14,15,16). The molecule has 2 aromatic rings. The van der Waals surface area contributed by atoms with Crippen LogP contribution in [0.4, 0.5) is 10.2 Å². The molecule has 90 valence electrons. The third-order valence-electron chi connectivity index (χ3n) is 2.56. The Morgan fingerprint density at radius 3 is 2.71 bits per heavy atom. The quantitative estimate of drug-likeness (QED) is 0.896. The first-order chi connectivity index (χ1) is 8.06. The number of halogens is 2. The Bertz CT molecular complexity index is 568. The lowest BCUT2D eigenvalue weighted by atomic mass is 10.0. The fourth-order valence-corrected chi connectivity index (χ4v) is 2.24. The number of benzene rings is 1. The largest absolute Gasteiger partial charge is 0.496 e. The number of nitrogens with one attached hydrogen (secondary N) is 1. The van der Waals surface area contributed by atoms with E-state index in [1.54, 1.807) is 19.2 Å². The first-order valence-electron chi connectivity index (χ1n) is 4.88. The SMILES string of the molecule is COc1c(-c2cn[nH]c2N)cc(Br)c(F)c1C. The van der Waals surface area contributed by atoms with Crippen LogP contribution >= 0.6 is 15.9 Å². The molecule has 0 bridgehead atoms. The number of aromatic amines is 1. The fourth-order valence-electron chi connectivity index (χ4n) is 1.71. The second-order valence-corrected chi connectivity index (χ2v) is 4.43. The molecule has 0 amide bonds. The number of methoxy groups -OCH3 is 1. The number of nitrogen functional groups attached to an aromatic ring is 1. The molecule has 0 aliphatic carbocycles. The molecule has 0 fully saturated rings. The third-order valence-corrected chi connectivity index (χ3v) is 3.14. The van der Waals surface area contributed by atoms with Crippen LogP contribution in [0, 0.1) is 12.7 Å². The van der Waals surface area contributed by atoms with Crippen molar-refractivity contribution in [3.8, 4) is 16.9 Å². The van der Waals surface area contributed by atoms with Gasteiger partial charge in [0.05, 0.1) is 17.8 Å². The number of H-pyrrole nitrogens is 1. The lowest BCUT2D eigenvalue weighted by Crippen LogP contribution is -1.97. The Hall–Kier alpha value is -1.56. The van der Waals surface area contributed by atoms with E-state index in [0.717, 1.165) is 0 Å². The average molecular weight is 300 g/mol. The summed E-state index contributed by atoms with van der Waals surface area (Å²) in [7, 11) is 1.50. The Balaban J connectivity index is 2.74. The number of hydrogen-bond donors (Lipinski definition) is 2. The summed E-state index contributed by atoms with van der Waals surface area (Å²) in [4.78, 5) is 0. The zero-order valence-electron chi connectivity index (χ0n) is 9.34. The Labute approximate surface area is 106 Å². The summed E-state index contributed by atoms with van der Waals surface area (Å²) < 4.78 is 19.3. The van der Waals surface area contributed by atoms with Gasteiger partial charge in [0.15, 0.2) is 0 Å². The smallest absolute Gasteiger partial charge is 0.144 e. The van der Waals surface area contributed by atoms with Gasteiger partial charge in [-0.2, -0.15) is 5.10 Å². The molecule has 17 heavy (non-hydrogen) atoms. The number of rotatable bonds is 2. The van der Waals surface area contributed by atoms with Crippen LogP contribution in [-0.2, 0) is 0 Å². The average Bonchev–Trinajstić information content (AvgIpc) is 2.72. The third kappa shape index (κ3) is 1.88. The summed E-state index contributed by atoms with van der Waals surface area (Å²) in [6.45, 7) is 1.65. The summed E-state index contributed by atoms with van der Waals surface area (Å²) in [6, 6.07) is 1.63. The van der Waals surface area contributed by atoms with Gasteiger partial charge in [-0.15, -0.1) is 0 Å². The maximum atomic E-state index is 13.7. The van der Waals surface area contributed by atoms with E-state index >= 15 is 0 Å². The number of nitrogens with two attached hydrogens (primary N) is 1. The van der Waals surface area contributed by atoms with E-state index < -0.39 is 0 Å². The van der Waals surface area contributed by atoms with Crippen molar-refractivity contribution in [3.63, 3.8) is 0 Å². The number of aromatic nitrogens is 2. The Morgan fingerprint density at radius 2 is 2.18 bits per heavy atom. The van der Waals surface area contributed by atoms with E-state index in [2.05, 4.69) is 26.1 Å². The van der Waals surface area contributed by atoms with Gasteiger partial charge in [0.2, 0.25) is 0 Å². The van der Waals surface area contributed by atoms with Gasteiger partial charge in [-0.05, 0) is 28.9 Å². The maximum absolute atomic E-state index is 13.7. The Morgan fingerprint density at radius 1 is 1.47 bits per heavy atom. The summed E-state index contributed by atoms with van der Waals surface area (Å²) in [5.41, 5.74) is 7.56. The summed E-state index contributed by atoms with van der Waals surface area (Å²) in [5.74, 6) is 0.535. The molecule has 0 aliphatic rings. The normalized spacial score (nSPS) is 10.6. The van der Waals surface area contributed by atoms with Crippen LogP contribution in [0.1, 0.15) is 5.56 Å². The van der Waals surface area contributed by atoms with E-state index in [4.69, 9.17) is 10.5 Å². The number of anilines is 1. The molecular formula is C11H11BrFN3O. The summed E-state index contributed by atoms with van der Waals surface area (Å²) in [6.07, 6.45) is 1.58. The van der Waals surface area contributed by atoms with E-state index in [1.807, 2.05) is 0 Å². The van der Waals surface area contributed by atoms with Crippen molar-refractivity contribution in [3.05, 3.63) is 28.1 Å². The van der Waals surface area contributed by atoms with Gasteiger partial charge < -0.3 is 10.5 Å². The minimum Gasteiger partial charge on any atom is -0.496 e. The number of ether oxygens (including phenoxy) is 1. The minimum atomic E-state index is -0.340. The molecule has 1 aromatic carbocycles. The fraction of sp³-hybridized carbons (Fsp3) is 0.182. The molecule has 4 nitrogen and oxygen atoms in total. The van der Waals surface area contributed by atoms with Gasteiger partial charge in [0, 0.05) is 16.7 Å². The van der Waals surface area contributed by atoms with Gasteiger partial charge >= 0.3 is 0 Å². The van der Waals surface area contributed by atoms with Crippen LogP contribution < -0.4 is 10.5 Å². The van der Waals surface area contributed by atoms with Gasteiger partial charge in [-0.1, -0.05) is 0 Å². The molecule has 0 spiro atoms. The first-order valence-corrected chi connectivity index (χ1v) is 5.67. The van der Waals surface area contributed by atoms with E-state index in [0.29, 0.717) is 32.7 Å². The predicted octanol–water partition coefficient (Wildman–Crippen LogP) is 2.88. The molecule has 1 heterocycles. The molecule has 0 atom stereocenters. The maximum Gasteiger partial charge on any atom is 0.144 e. The molecule has 0 aliphatic heterocycles. The van der Waals surface area contributed by atoms with Crippen molar-refractivity contribution < 1.29 is 9.13 Å². The van der Waals surface area contributed by atoms with Crippen molar-refractivity contribution in [1.82, 2.24) is 10.2 Å². The summed E-state index contributed by atoms with van der Waals surface area (Å²) >= 11 is 3.17. The van der Waals surface area contributed by atoms with Crippen molar-refractivity contribution >= 4 is 21.7 Å². The van der Waals surface area contributed by atoms with Crippen LogP contribution in [0.2, 0.25) is 0 Å². The first kappa shape index (κ1) is 11.9. The molecule has 0 radical (unpaired) electrons. The van der Waals surface area contributed by atoms with Crippen molar-refractivity contribution in [2.24, 2.45) is 0 Å². The van der Waals surface area contributed by atoms with Crippen molar-refractivity contribution in [2.75, 3.05) is 12.8 Å². The van der Waals surface area contributed by atoms with Crippen LogP contribution in [-0.4, -0.2) is 17.3 Å². The van der Waals surface area contributed by atoms with E-state index in [1.165, 1.54) is 7.11 Å². The topological polar surface area (TPSA) is 63.9 Å². The molecule has 0 unspecified atom stereocenters. The van der Waals surface area contributed by atoms with Crippen molar-refractivity contribution in [1.29, 1.82) is 0 Å². The lowest BCUT2D eigenvalue weighted by molar-refractivity contribution is 0.408. The zero-order valence-corrected chi connectivity index (χ0v) is 10.9. The molecule has 2 rings (SSSR count). The van der Waals surface area contributed by atoms with Crippen LogP contribution in [0.25, 0.3) is 11.1 Å². The highest BCUT2D eigenvalue weighted by Gasteiger charge is 2.18. The minimum absolute atomic E-state index is 0.340. The highest BCUT2D eigenvalue weighted by molar-refractivity contribution is 9.10. The summed E-state index contributed by atoms with van der Waals surface area (Å²) in [5, 5.41) is 6.48. The van der Waals surface area contributed by atoms with Gasteiger partial charge in [0.25, 0.3) is 0 Å². The second kappa shape index (κ2) is 4.37. The number of nitrogens with zero attached hydrogens (tertiary/aromatic N) is 1. The molecule has 3 N–H and O–H groups in total. The Kier molecular flexibility index (Phi) is 3.06. The van der Waals surface area contributed by atoms with Crippen LogP contribution in [0.15, 0.2) is 16.7 Å². The second-order valence-electron chi connectivity index (χ2n) is 3.58. The predicted molar refractivity (Wildman–Crippen MR) is 67.4 cm³/mol.